The number of Topliss-reactive ketones (excluding diaryl/α,β-unsaturated/α-hetero) is 1. The summed E-state index contributed by atoms with van der Waals surface area (Å²) < 4.78 is 51.6. The molecule has 0 saturated carbocycles. The minimum Gasteiger partial charge on any atom is -0.284 e. The van der Waals surface area contributed by atoms with Crippen molar-refractivity contribution in [1.29, 1.82) is 0 Å². The zero-order valence-corrected chi connectivity index (χ0v) is 9.70. The van der Waals surface area contributed by atoms with Crippen LogP contribution in [0.15, 0.2) is 30.5 Å². The molecule has 3 nitrogen and oxygen atoms in total. The quantitative estimate of drug-likeness (QED) is 0.622. The van der Waals surface area contributed by atoms with Crippen molar-refractivity contribution in [3.05, 3.63) is 47.5 Å². The summed E-state index contributed by atoms with van der Waals surface area (Å²) in [5, 5.41) is 3.88. The van der Waals surface area contributed by atoms with Gasteiger partial charge in [-0.05, 0) is 25.1 Å². The minimum atomic E-state index is -5.02. The van der Waals surface area contributed by atoms with Crippen LogP contribution in [0.5, 0.6) is 0 Å². The number of rotatable bonds is 2. The summed E-state index contributed by atoms with van der Waals surface area (Å²) in [4.78, 5) is 11.3. The maximum absolute atomic E-state index is 13.2. The lowest BCUT2D eigenvalue weighted by Crippen LogP contribution is -2.24. The van der Waals surface area contributed by atoms with Crippen LogP contribution < -0.4 is 0 Å². The normalized spacial score (nSPS) is 11.6. The van der Waals surface area contributed by atoms with Gasteiger partial charge in [0.05, 0.1) is 16.9 Å². The second-order valence-corrected chi connectivity index (χ2v) is 3.89. The number of aryl methyl sites for hydroxylation is 1. The fraction of sp³-hybridized carbons (Fsp3) is 0.167. The topological polar surface area (TPSA) is 34.9 Å². The molecule has 0 fully saturated rings. The van der Waals surface area contributed by atoms with E-state index in [4.69, 9.17) is 0 Å². The first-order valence-corrected chi connectivity index (χ1v) is 5.23. The van der Waals surface area contributed by atoms with Crippen molar-refractivity contribution in [2.75, 3.05) is 0 Å². The van der Waals surface area contributed by atoms with Gasteiger partial charge in [-0.2, -0.15) is 18.3 Å². The molecule has 0 unspecified atom stereocenters. The second-order valence-electron chi connectivity index (χ2n) is 3.89. The van der Waals surface area contributed by atoms with Crippen LogP contribution in [0, 0.1) is 12.7 Å². The number of carbonyl (C=O) groups is 1. The summed E-state index contributed by atoms with van der Waals surface area (Å²) in [5.74, 6) is -2.78. The Morgan fingerprint density at radius 2 is 1.95 bits per heavy atom. The fourth-order valence-corrected chi connectivity index (χ4v) is 1.59. The highest BCUT2D eigenvalue weighted by molar-refractivity contribution is 6.03. The molecule has 0 saturated heterocycles. The average Bonchev–Trinajstić information content (AvgIpc) is 2.73. The van der Waals surface area contributed by atoms with Crippen LogP contribution in [-0.4, -0.2) is 21.7 Å². The van der Waals surface area contributed by atoms with E-state index < -0.39 is 23.3 Å². The predicted molar refractivity (Wildman–Crippen MR) is 58.6 cm³/mol. The Kier molecular flexibility index (Phi) is 3.13. The van der Waals surface area contributed by atoms with Crippen LogP contribution in [0.4, 0.5) is 17.6 Å². The van der Waals surface area contributed by atoms with Gasteiger partial charge < -0.3 is 0 Å². The Balaban J connectivity index is 2.60. The van der Waals surface area contributed by atoms with E-state index in [1.807, 2.05) is 0 Å². The molecule has 7 heteroatoms. The number of hydrogen-bond acceptors (Lipinski definition) is 2. The minimum absolute atomic E-state index is 0.240. The molecule has 100 valence electrons. The Hall–Kier alpha value is -2.18. The molecule has 0 atom stereocenters. The molecule has 0 spiro atoms. The summed E-state index contributed by atoms with van der Waals surface area (Å²) >= 11 is 0. The highest BCUT2D eigenvalue weighted by Crippen LogP contribution is 2.26. The molecule has 1 aromatic carbocycles. The maximum Gasteiger partial charge on any atom is 0.454 e. The third kappa shape index (κ3) is 2.64. The third-order valence-electron chi connectivity index (χ3n) is 2.43. The van der Waals surface area contributed by atoms with E-state index in [-0.39, 0.29) is 5.69 Å². The van der Waals surface area contributed by atoms with Crippen molar-refractivity contribution in [1.82, 2.24) is 9.78 Å². The van der Waals surface area contributed by atoms with Gasteiger partial charge in [-0.1, -0.05) is 0 Å². The van der Waals surface area contributed by atoms with Gasteiger partial charge in [-0.15, -0.1) is 0 Å². The Morgan fingerprint density at radius 3 is 2.47 bits per heavy atom. The number of aromatic nitrogens is 2. The molecule has 0 bridgehead atoms. The summed E-state index contributed by atoms with van der Waals surface area (Å²) in [6.45, 7) is 1.63. The molecule has 2 rings (SSSR count). The molecular weight excluding hydrogens is 264 g/mol. The van der Waals surface area contributed by atoms with E-state index in [0.29, 0.717) is 5.69 Å². The monoisotopic (exact) mass is 272 g/mol. The molecule has 0 radical (unpaired) electrons. The van der Waals surface area contributed by atoms with Crippen LogP contribution >= 0.6 is 0 Å². The van der Waals surface area contributed by atoms with Crippen LogP contribution in [0.3, 0.4) is 0 Å². The highest BCUT2D eigenvalue weighted by Gasteiger charge is 2.40. The molecule has 19 heavy (non-hydrogen) atoms. The lowest BCUT2D eigenvalue weighted by Gasteiger charge is -2.10. The number of ketones is 1. The summed E-state index contributed by atoms with van der Waals surface area (Å²) in [5.41, 5.74) is -0.345. The number of halogens is 4. The van der Waals surface area contributed by atoms with Crippen molar-refractivity contribution < 1.29 is 22.4 Å². The molecule has 0 aliphatic heterocycles. The number of benzene rings is 1. The van der Waals surface area contributed by atoms with Crippen LogP contribution in [0.2, 0.25) is 0 Å². The summed E-state index contributed by atoms with van der Waals surface area (Å²) in [6.07, 6.45) is -3.66. The van der Waals surface area contributed by atoms with Crippen LogP contribution in [0.25, 0.3) is 5.69 Å². The lowest BCUT2D eigenvalue weighted by atomic mass is 10.1. The first-order valence-electron chi connectivity index (χ1n) is 5.23. The number of nitrogens with zero attached hydrogens (tertiary/aromatic N) is 2. The van der Waals surface area contributed by atoms with E-state index in [1.54, 1.807) is 6.92 Å². The molecule has 1 heterocycles. The van der Waals surface area contributed by atoms with Gasteiger partial charge in [0.25, 0.3) is 5.78 Å². The SMILES string of the molecule is Cc1ccn(-c2cc(F)ccc2C(=O)C(F)(F)F)n1. The first-order chi connectivity index (χ1) is 8.79. The van der Waals surface area contributed by atoms with Gasteiger partial charge in [-0.25, -0.2) is 9.07 Å². The lowest BCUT2D eigenvalue weighted by molar-refractivity contribution is -0.0885. The van der Waals surface area contributed by atoms with Gasteiger partial charge in [-0.3, -0.25) is 4.79 Å². The van der Waals surface area contributed by atoms with Gasteiger partial charge >= 0.3 is 6.18 Å². The summed E-state index contributed by atoms with van der Waals surface area (Å²) in [7, 11) is 0. The fourth-order valence-electron chi connectivity index (χ4n) is 1.59. The van der Waals surface area contributed by atoms with Crippen molar-refractivity contribution in [2.24, 2.45) is 0 Å². The number of hydrogen-bond donors (Lipinski definition) is 0. The van der Waals surface area contributed by atoms with Gasteiger partial charge in [0, 0.05) is 12.3 Å². The van der Waals surface area contributed by atoms with Crippen LogP contribution in [0.1, 0.15) is 16.1 Å². The number of alkyl halides is 3. The smallest absolute Gasteiger partial charge is 0.284 e. The molecule has 0 N–H and O–H groups in total. The maximum atomic E-state index is 13.2. The van der Waals surface area contributed by atoms with E-state index in [9.17, 15) is 22.4 Å². The molecule has 0 aliphatic rings. The standard InChI is InChI=1S/C12H8F4N2O/c1-7-4-5-18(17-7)10-6-8(13)2-3-9(10)11(19)12(14,15)16/h2-6H,1H3. The van der Waals surface area contributed by atoms with E-state index >= 15 is 0 Å². The average molecular weight is 272 g/mol. The Morgan fingerprint density at radius 1 is 1.26 bits per heavy atom. The van der Waals surface area contributed by atoms with Gasteiger partial charge in [0.15, 0.2) is 0 Å². The highest BCUT2D eigenvalue weighted by atomic mass is 19.4. The summed E-state index contributed by atoms with van der Waals surface area (Å²) in [6, 6.07) is 3.98. The van der Waals surface area contributed by atoms with Crippen molar-refractivity contribution >= 4 is 5.78 Å². The van der Waals surface area contributed by atoms with Gasteiger partial charge in [0.1, 0.15) is 5.82 Å². The molecule has 1 aromatic heterocycles. The van der Waals surface area contributed by atoms with Crippen molar-refractivity contribution in [3.63, 3.8) is 0 Å². The Bertz CT molecular complexity index is 631. The molecule has 2 aromatic rings. The largest absolute Gasteiger partial charge is 0.454 e. The second kappa shape index (κ2) is 4.49. The van der Waals surface area contributed by atoms with E-state index in [0.717, 1.165) is 22.9 Å². The van der Waals surface area contributed by atoms with Crippen molar-refractivity contribution in [3.8, 4) is 5.69 Å². The van der Waals surface area contributed by atoms with Crippen molar-refractivity contribution in [2.45, 2.75) is 13.1 Å². The van der Waals surface area contributed by atoms with Crippen LogP contribution in [-0.2, 0) is 0 Å². The zero-order valence-electron chi connectivity index (χ0n) is 9.70. The van der Waals surface area contributed by atoms with E-state index in [2.05, 4.69) is 5.10 Å². The van der Waals surface area contributed by atoms with Gasteiger partial charge in [0.2, 0.25) is 0 Å². The molecular formula is C12H8F4N2O. The molecule has 0 aliphatic carbocycles. The first kappa shape index (κ1) is 13.3. The molecule has 0 amide bonds. The predicted octanol–water partition coefficient (Wildman–Crippen LogP) is 3.06. The zero-order chi connectivity index (χ0) is 14.2. The third-order valence-corrected chi connectivity index (χ3v) is 2.43. The van der Waals surface area contributed by atoms with E-state index in [1.165, 1.54) is 12.3 Å². The Labute approximate surface area is 105 Å². The number of carbonyl (C=O) groups excluding carboxylic acids is 1.